The van der Waals surface area contributed by atoms with Crippen LogP contribution in [0.15, 0.2) is 12.1 Å². The van der Waals surface area contributed by atoms with E-state index in [1.807, 2.05) is 0 Å². The predicted octanol–water partition coefficient (Wildman–Crippen LogP) is 2.51. The van der Waals surface area contributed by atoms with E-state index in [9.17, 15) is 8.78 Å². The Balaban J connectivity index is 2.36. The number of unbranched alkanes of at least 4 members (excludes halogenated alkanes) is 3. The second kappa shape index (κ2) is 7.06. The van der Waals surface area contributed by atoms with Crippen LogP contribution in [0.3, 0.4) is 0 Å². The van der Waals surface area contributed by atoms with E-state index in [0.29, 0.717) is 6.54 Å². The molecule has 0 radical (unpaired) electrons. The number of aliphatic hydroxyl groups excluding tert-OH is 1. The van der Waals surface area contributed by atoms with E-state index in [-0.39, 0.29) is 18.0 Å². The Kier molecular flexibility index (Phi) is 5.69. The minimum Gasteiger partial charge on any atom is -0.399 e. The Morgan fingerprint density at radius 1 is 1.06 bits per heavy atom. The monoisotopic (exact) mass is 244 g/mol. The van der Waals surface area contributed by atoms with Gasteiger partial charge in [0.05, 0.1) is 0 Å². The van der Waals surface area contributed by atoms with Gasteiger partial charge < -0.3 is 16.2 Å². The Bertz CT molecular complexity index is 335. The fourth-order valence-corrected chi connectivity index (χ4v) is 1.57. The van der Waals surface area contributed by atoms with E-state index in [4.69, 9.17) is 10.8 Å². The zero-order chi connectivity index (χ0) is 12.7. The molecule has 0 heterocycles. The van der Waals surface area contributed by atoms with Crippen LogP contribution in [0.5, 0.6) is 0 Å². The van der Waals surface area contributed by atoms with Crippen molar-refractivity contribution in [2.45, 2.75) is 25.7 Å². The highest BCUT2D eigenvalue weighted by atomic mass is 19.1. The number of hydrogen-bond acceptors (Lipinski definition) is 3. The molecule has 0 bridgehead atoms. The highest BCUT2D eigenvalue weighted by molar-refractivity contribution is 5.53. The van der Waals surface area contributed by atoms with Crippen LogP contribution in [0.2, 0.25) is 0 Å². The molecule has 17 heavy (non-hydrogen) atoms. The van der Waals surface area contributed by atoms with E-state index in [1.54, 1.807) is 0 Å². The summed E-state index contributed by atoms with van der Waals surface area (Å²) >= 11 is 0. The van der Waals surface area contributed by atoms with Crippen molar-refractivity contribution in [3.63, 3.8) is 0 Å². The molecule has 0 aliphatic heterocycles. The zero-order valence-corrected chi connectivity index (χ0v) is 9.68. The first-order valence-electron chi connectivity index (χ1n) is 5.74. The lowest BCUT2D eigenvalue weighted by Crippen LogP contribution is -2.06. The first kappa shape index (κ1) is 13.7. The molecule has 0 aliphatic rings. The van der Waals surface area contributed by atoms with Gasteiger partial charge in [0.1, 0.15) is 5.69 Å². The summed E-state index contributed by atoms with van der Waals surface area (Å²) in [7, 11) is 0. The summed E-state index contributed by atoms with van der Waals surface area (Å²) in [6, 6.07) is 2.19. The average Bonchev–Trinajstić information content (AvgIpc) is 2.26. The summed E-state index contributed by atoms with van der Waals surface area (Å²) in [5.74, 6) is -1.34. The van der Waals surface area contributed by atoms with Crippen LogP contribution in [0, 0.1) is 11.6 Å². The Morgan fingerprint density at radius 3 is 2.24 bits per heavy atom. The molecule has 0 atom stereocenters. The van der Waals surface area contributed by atoms with Gasteiger partial charge in [-0.05, 0) is 25.0 Å². The summed E-state index contributed by atoms with van der Waals surface area (Å²) < 4.78 is 26.7. The Labute approximate surface area is 99.6 Å². The Hall–Kier alpha value is -1.36. The number of rotatable bonds is 7. The number of nitrogens with two attached hydrogens (primary N) is 1. The van der Waals surface area contributed by atoms with Gasteiger partial charge in [0, 0.05) is 18.8 Å². The lowest BCUT2D eigenvalue weighted by atomic mass is 10.2. The van der Waals surface area contributed by atoms with Crippen molar-refractivity contribution in [2.75, 3.05) is 24.2 Å². The highest BCUT2D eigenvalue weighted by Gasteiger charge is 2.09. The number of benzene rings is 1. The van der Waals surface area contributed by atoms with Gasteiger partial charge in [0.2, 0.25) is 0 Å². The molecular weight excluding hydrogens is 226 g/mol. The van der Waals surface area contributed by atoms with E-state index in [1.165, 1.54) is 0 Å². The third-order valence-electron chi connectivity index (χ3n) is 2.45. The third kappa shape index (κ3) is 4.56. The molecule has 0 unspecified atom stereocenters. The molecule has 0 fully saturated rings. The van der Waals surface area contributed by atoms with Crippen molar-refractivity contribution >= 4 is 11.4 Å². The second-order valence-electron chi connectivity index (χ2n) is 3.92. The van der Waals surface area contributed by atoms with E-state index >= 15 is 0 Å². The Morgan fingerprint density at radius 2 is 1.65 bits per heavy atom. The average molecular weight is 244 g/mol. The minimum absolute atomic E-state index is 0.0773. The largest absolute Gasteiger partial charge is 0.399 e. The fourth-order valence-electron chi connectivity index (χ4n) is 1.57. The molecule has 0 saturated carbocycles. The molecule has 96 valence electrons. The van der Waals surface area contributed by atoms with Gasteiger partial charge >= 0.3 is 0 Å². The summed E-state index contributed by atoms with van der Waals surface area (Å²) in [4.78, 5) is 0. The molecule has 0 saturated heterocycles. The van der Waals surface area contributed by atoms with Crippen LogP contribution in [-0.2, 0) is 0 Å². The van der Waals surface area contributed by atoms with E-state index in [2.05, 4.69) is 5.32 Å². The zero-order valence-electron chi connectivity index (χ0n) is 9.68. The third-order valence-corrected chi connectivity index (χ3v) is 2.45. The lowest BCUT2D eigenvalue weighted by Gasteiger charge is -2.09. The maximum absolute atomic E-state index is 13.3. The van der Waals surface area contributed by atoms with Gasteiger partial charge in [-0.3, -0.25) is 0 Å². The fraction of sp³-hybridized carbons (Fsp3) is 0.500. The first-order valence-corrected chi connectivity index (χ1v) is 5.74. The molecule has 0 aliphatic carbocycles. The lowest BCUT2D eigenvalue weighted by molar-refractivity contribution is 0.283. The number of nitrogen functional groups attached to an aromatic ring is 1. The molecule has 1 aromatic rings. The van der Waals surface area contributed by atoms with Gasteiger partial charge in [-0.25, -0.2) is 8.78 Å². The summed E-state index contributed by atoms with van der Waals surface area (Å²) in [6.45, 7) is 0.692. The molecule has 5 heteroatoms. The van der Waals surface area contributed by atoms with Gasteiger partial charge in [-0.15, -0.1) is 0 Å². The van der Waals surface area contributed by atoms with Crippen molar-refractivity contribution in [3.05, 3.63) is 23.8 Å². The van der Waals surface area contributed by atoms with Gasteiger partial charge in [-0.2, -0.15) is 0 Å². The van der Waals surface area contributed by atoms with Crippen LogP contribution in [-0.4, -0.2) is 18.3 Å². The standard InChI is InChI=1S/C12H18F2N2O/c13-10-7-9(15)8-11(14)12(10)16-5-3-1-2-4-6-17/h7-8,16-17H,1-6,15H2. The number of nitrogens with one attached hydrogen (secondary N) is 1. The van der Waals surface area contributed by atoms with Crippen LogP contribution in [0.1, 0.15) is 25.7 Å². The van der Waals surface area contributed by atoms with Crippen LogP contribution in [0.4, 0.5) is 20.2 Å². The quantitative estimate of drug-likeness (QED) is 0.510. The summed E-state index contributed by atoms with van der Waals surface area (Å²) in [5, 5.41) is 11.3. The maximum atomic E-state index is 13.3. The second-order valence-corrected chi connectivity index (χ2v) is 3.92. The normalized spacial score (nSPS) is 10.5. The minimum atomic E-state index is -0.669. The molecular formula is C12H18F2N2O. The summed E-state index contributed by atoms with van der Waals surface area (Å²) in [5.41, 5.74) is 5.26. The summed E-state index contributed by atoms with van der Waals surface area (Å²) in [6.07, 6.45) is 3.42. The smallest absolute Gasteiger partial charge is 0.151 e. The van der Waals surface area contributed by atoms with E-state index in [0.717, 1.165) is 37.8 Å². The van der Waals surface area contributed by atoms with Gasteiger partial charge in [0.25, 0.3) is 0 Å². The predicted molar refractivity (Wildman–Crippen MR) is 64.8 cm³/mol. The van der Waals surface area contributed by atoms with Crippen molar-refractivity contribution in [3.8, 4) is 0 Å². The highest BCUT2D eigenvalue weighted by Crippen LogP contribution is 2.21. The molecule has 0 amide bonds. The number of halogens is 2. The first-order chi connectivity index (χ1) is 8.15. The molecule has 1 rings (SSSR count). The van der Waals surface area contributed by atoms with Crippen LogP contribution < -0.4 is 11.1 Å². The maximum Gasteiger partial charge on any atom is 0.151 e. The van der Waals surface area contributed by atoms with Gasteiger partial charge in [-0.1, -0.05) is 12.8 Å². The van der Waals surface area contributed by atoms with Crippen molar-refractivity contribution in [2.24, 2.45) is 0 Å². The van der Waals surface area contributed by atoms with Gasteiger partial charge in [0.15, 0.2) is 11.6 Å². The molecule has 0 spiro atoms. The van der Waals surface area contributed by atoms with E-state index < -0.39 is 11.6 Å². The molecule has 0 aromatic heterocycles. The molecule has 1 aromatic carbocycles. The number of aliphatic hydroxyl groups is 1. The van der Waals surface area contributed by atoms with Crippen molar-refractivity contribution < 1.29 is 13.9 Å². The van der Waals surface area contributed by atoms with Crippen molar-refractivity contribution in [1.29, 1.82) is 0 Å². The van der Waals surface area contributed by atoms with Crippen LogP contribution >= 0.6 is 0 Å². The van der Waals surface area contributed by atoms with Crippen molar-refractivity contribution in [1.82, 2.24) is 0 Å². The van der Waals surface area contributed by atoms with Crippen LogP contribution in [0.25, 0.3) is 0 Å². The SMILES string of the molecule is Nc1cc(F)c(NCCCCCCO)c(F)c1. The molecule has 3 nitrogen and oxygen atoms in total. The number of hydrogen-bond donors (Lipinski definition) is 3. The number of anilines is 2. The molecule has 4 N–H and O–H groups in total. The topological polar surface area (TPSA) is 58.3 Å².